The Labute approximate surface area is 118 Å². The number of amides is 1. The van der Waals surface area contributed by atoms with E-state index in [2.05, 4.69) is 0 Å². The number of hydrogen-bond donors (Lipinski definition) is 2. The fraction of sp³-hybridized carbons (Fsp3) is 0.533. The van der Waals surface area contributed by atoms with Crippen LogP contribution in [0.4, 0.5) is 10.1 Å². The Morgan fingerprint density at radius 3 is 2.70 bits per heavy atom. The summed E-state index contributed by atoms with van der Waals surface area (Å²) in [7, 11) is 0. The summed E-state index contributed by atoms with van der Waals surface area (Å²) in [5.74, 6) is -0.654. The van der Waals surface area contributed by atoms with Gasteiger partial charge in [-0.3, -0.25) is 4.79 Å². The van der Waals surface area contributed by atoms with Crippen molar-refractivity contribution in [3.8, 4) is 0 Å². The largest absolute Gasteiger partial charge is 0.389 e. The minimum atomic E-state index is -0.763. The van der Waals surface area contributed by atoms with Crippen molar-refractivity contribution in [1.82, 2.24) is 0 Å². The van der Waals surface area contributed by atoms with Crippen molar-refractivity contribution in [2.45, 2.75) is 33.3 Å². The summed E-state index contributed by atoms with van der Waals surface area (Å²) in [4.78, 5) is 13.5. The molecular formula is C15H21FN2O2. The maximum Gasteiger partial charge on any atom is 0.225 e. The number of halogens is 1. The third kappa shape index (κ3) is 2.50. The first-order valence-corrected chi connectivity index (χ1v) is 6.77. The molecule has 0 spiro atoms. The van der Waals surface area contributed by atoms with Gasteiger partial charge >= 0.3 is 0 Å². The molecule has 1 amide bonds. The zero-order chi connectivity index (χ0) is 15.1. The molecule has 1 saturated heterocycles. The van der Waals surface area contributed by atoms with Crippen molar-refractivity contribution in [3.63, 3.8) is 0 Å². The lowest BCUT2D eigenvalue weighted by molar-refractivity contribution is -0.125. The highest BCUT2D eigenvalue weighted by molar-refractivity contribution is 5.82. The molecule has 20 heavy (non-hydrogen) atoms. The number of aliphatic hydroxyl groups excluding tert-OH is 1. The number of hydrogen-bond acceptors (Lipinski definition) is 3. The lowest BCUT2D eigenvalue weighted by atomic mass is 9.89. The maximum atomic E-state index is 13.7. The molecule has 0 saturated carbocycles. The van der Waals surface area contributed by atoms with Crippen LogP contribution in [0.2, 0.25) is 0 Å². The van der Waals surface area contributed by atoms with Crippen LogP contribution in [0.25, 0.3) is 0 Å². The Kier molecular flexibility index (Phi) is 3.73. The first kappa shape index (κ1) is 14.8. The summed E-state index contributed by atoms with van der Waals surface area (Å²) in [6.45, 7) is 6.30. The average Bonchev–Trinajstić information content (AvgIpc) is 2.76. The second kappa shape index (κ2) is 5.05. The molecule has 0 radical (unpaired) electrons. The van der Waals surface area contributed by atoms with Gasteiger partial charge in [-0.2, -0.15) is 0 Å². The Morgan fingerprint density at radius 1 is 1.55 bits per heavy atom. The maximum absolute atomic E-state index is 13.7. The van der Waals surface area contributed by atoms with Gasteiger partial charge < -0.3 is 15.7 Å². The van der Waals surface area contributed by atoms with Crippen molar-refractivity contribution < 1.29 is 14.3 Å². The standard InChI is InChI=1S/C15H21FN2O2/c1-9-6-13(11(10(2)19)7-12(9)16)18-5-4-15(3,8-18)14(17)20/h6-7,10,19H,4-5,8H2,1-3H3,(H2,17,20)/t10-,15?/m0/s1. The smallest absolute Gasteiger partial charge is 0.225 e. The first-order chi connectivity index (χ1) is 9.24. The van der Waals surface area contributed by atoms with Crippen molar-refractivity contribution in [2.75, 3.05) is 18.0 Å². The molecule has 1 aromatic rings. The summed E-state index contributed by atoms with van der Waals surface area (Å²) >= 11 is 0. The number of aliphatic hydroxyl groups is 1. The lowest BCUT2D eigenvalue weighted by Gasteiger charge is -2.26. The predicted octanol–water partition coefficient (Wildman–Crippen LogP) is 1.89. The molecule has 2 atom stereocenters. The van der Waals surface area contributed by atoms with Gasteiger partial charge in [-0.25, -0.2) is 4.39 Å². The van der Waals surface area contributed by atoms with Crippen LogP contribution in [-0.4, -0.2) is 24.1 Å². The van der Waals surface area contributed by atoms with E-state index in [1.165, 1.54) is 6.07 Å². The molecule has 1 aromatic carbocycles. The molecule has 0 aliphatic carbocycles. The van der Waals surface area contributed by atoms with E-state index < -0.39 is 11.5 Å². The molecular weight excluding hydrogens is 259 g/mol. The van der Waals surface area contributed by atoms with Crippen LogP contribution in [-0.2, 0) is 4.79 Å². The van der Waals surface area contributed by atoms with E-state index in [0.29, 0.717) is 30.6 Å². The van der Waals surface area contributed by atoms with Gasteiger partial charge in [-0.15, -0.1) is 0 Å². The Morgan fingerprint density at radius 2 is 2.20 bits per heavy atom. The molecule has 5 heteroatoms. The normalized spacial score (nSPS) is 23.9. The molecule has 1 aliphatic heterocycles. The Bertz CT molecular complexity index is 545. The second-order valence-electron chi connectivity index (χ2n) is 5.93. The summed E-state index contributed by atoms with van der Waals surface area (Å²) in [5.41, 5.74) is 6.73. The van der Waals surface area contributed by atoms with Crippen LogP contribution in [0.5, 0.6) is 0 Å². The van der Waals surface area contributed by atoms with Crippen LogP contribution in [0.3, 0.4) is 0 Å². The monoisotopic (exact) mass is 280 g/mol. The number of rotatable bonds is 3. The van der Waals surface area contributed by atoms with E-state index in [9.17, 15) is 14.3 Å². The number of carbonyl (C=O) groups is 1. The number of nitrogens with zero attached hydrogens (tertiary/aromatic N) is 1. The SMILES string of the molecule is Cc1cc(N2CCC(C)(C(N)=O)C2)c([C@H](C)O)cc1F. The molecule has 1 heterocycles. The summed E-state index contributed by atoms with van der Waals surface area (Å²) in [6.07, 6.45) is -0.0987. The molecule has 0 aromatic heterocycles. The van der Waals surface area contributed by atoms with Gasteiger partial charge in [-0.05, 0) is 44.9 Å². The van der Waals surface area contributed by atoms with Crippen LogP contribution in [0, 0.1) is 18.2 Å². The molecule has 2 rings (SSSR count). The van der Waals surface area contributed by atoms with E-state index in [1.54, 1.807) is 19.9 Å². The van der Waals surface area contributed by atoms with Gasteiger partial charge in [0.15, 0.2) is 0 Å². The van der Waals surface area contributed by atoms with Crippen molar-refractivity contribution >= 4 is 11.6 Å². The number of aryl methyl sites for hydroxylation is 1. The number of anilines is 1. The zero-order valence-corrected chi connectivity index (χ0v) is 12.1. The van der Waals surface area contributed by atoms with Crippen LogP contribution < -0.4 is 10.6 Å². The highest BCUT2D eigenvalue weighted by Crippen LogP contribution is 2.37. The van der Waals surface area contributed by atoms with Gasteiger partial charge in [0, 0.05) is 24.3 Å². The molecule has 4 nitrogen and oxygen atoms in total. The van der Waals surface area contributed by atoms with E-state index in [-0.39, 0.29) is 11.7 Å². The summed E-state index contributed by atoms with van der Waals surface area (Å²) in [6, 6.07) is 3.10. The van der Waals surface area contributed by atoms with Crippen molar-refractivity contribution in [1.29, 1.82) is 0 Å². The number of benzene rings is 1. The van der Waals surface area contributed by atoms with Gasteiger partial charge in [-0.1, -0.05) is 0 Å². The van der Waals surface area contributed by atoms with E-state index in [1.807, 2.05) is 11.8 Å². The minimum absolute atomic E-state index is 0.322. The van der Waals surface area contributed by atoms with E-state index in [4.69, 9.17) is 5.73 Å². The molecule has 1 aliphatic rings. The second-order valence-corrected chi connectivity index (χ2v) is 5.93. The van der Waals surface area contributed by atoms with Crippen molar-refractivity contribution in [3.05, 3.63) is 29.1 Å². The zero-order valence-electron chi connectivity index (χ0n) is 12.1. The molecule has 110 valence electrons. The minimum Gasteiger partial charge on any atom is -0.389 e. The Hall–Kier alpha value is -1.62. The highest BCUT2D eigenvalue weighted by atomic mass is 19.1. The molecule has 0 bridgehead atoms. The topological polar surface area (TPSA) is 66.6 Å². The average molecular weight is 280 g/mol. The fourth-order valence-electron chi connectivity index (χ4n) is 2.66. The third-order valence-corrected chi connectivity index (χ3v) is 4.17. The van der Waals surface area contributed by atoms with E-state index >= 15 is 0 Å². The Balaban J connectivity index is 2.39. The van der Waals surface area contributed by atoms with Crippen LogP contribution in [0.1, 0.15) is 37.5 Å². The summed E-state index contributed by atoms with van der Waals surface area (Å²) < 4.78 is 13.7. The predicted molar refractivity (Wildman–Crippen MR) is 75.9 cm³/mol. The number of carbonyl (C=O) groups excluding carboxylic acids is 1. The van der Waals surface area contributed by atoms with Crippen molar-refractivity contribution in [2.24, 2.45) is 11.1 Å². The first-order valence-electron chi connectivity index (χ1n) is 6.77. The molecule has 1 unspecified atom stereocenters. The van der Waals surface area contributed by atoms with E-state index in [0.717, 1.165) is 5.69 Å². The number of nitrogens with two attached hydrogens (primary N) is 1. The van der Waals surface area contributed by atoms with Crippen LogP contribution in [0.15, 0.2) is 12.1 Å². The summed E-state index contributed by atoms with van der Waals surface area (Å²) in [5, 5.41) is 9.83. The quantitative estimate of drug-likeness (QED) is 0.888. The van der Waals surface area contributed by atoms with Crippen LogP contribution >= 0.6 is 0 Å². The fourth-order valence-corrected chi connectivity index (χ4v) is 2.66. The van der Waals surface area contributed by atoms with Gasteiger partial charge in [0.2, 0.25) is 5.91 Å². The van der Waals surface area contributed by atoms with Gasteiger partial charge in [0.1, 0.15) is 5.82 Å². The number of primary amides is 1. The molecule has 1 fully saturated rings. The third-order valence-electron chi connectivity index (χ3n) is 4.17. The van der Waals surface area contributed by atoms with Gasteiger partial charge in [0.05, 0.1) is 11.5 Å². The lowest BCUT2D eigenvalue weighted by Crippen LogP contribution is -2.37. The van der Waals surface area contributed by atoms with Gasteiger partial charge in [0.25, 0.3) is 0 Å². The molecule has 3 N–H and O–H groups in total. The highest BCUT2D eigenvalue weighted by Gasteiger charge is 2.39.